The highest BCUT2D eigenvalue weighted by Gasteiger charge is 2.28. The van der Waals surface area contributed by atoms with Gasteiger partial charge < -0.3 is 14.2 Å². The largest absolute Gasteiger partial charge is 0.496 e. The zero-order valence-electron chi connectivity index (χ0n) is 12.7. The van der Waals surface area contributed by atoms with Crippen molar-refractivity contribution in [1.29, 1.82) is 5.26 Å². The van der Waals surface area contributed by atoms with Crippen molar-refractivity contribution < 1.29 is 19.0 Å². The maximum Gasteiger partial charge on any atom is 0.231 e. The Morgan fingerprint density at radius 2 is 2.12 bits per heavy atom. The lowest BCUT2D eigenvalue weighted by atomic mass is 10.1. The zero-order chi connectivity index (χ0) is 17.1. The van der Waals surface area contributed by atoms with Gasteiger partial charge in [-0.2, -0.15) is 5.26 Å². The average molecular weight is 386 g/mol. The third-order valence-corrected chi connectivity index (χ3v) is 3.92. The van der Waals surface area contributed by atoms with Crippen molar-refractivity contribution in [2.24, 2.45) is 0 Å². The van der Waals surface area contributed by atoms with Gasteiger partial charge in [-0.1, -0.05) is 15.9 Å². The topological polar surface area (TPSA) is 68.6 Å². The molecule has 3 rings (SSSR count). The first-order valence-corrected chi connectivity index (χ1v) is 7.83. The third kappa shape index (κ3) is 3.12. The van der Waals surface area contributed by atoms with Crippen LogP contribution in [0, 0.1) is 11.3 Å². The van der Waals surface area contributed by atoms with Gasteiger partial charge in [0.2, 0.25) is 5.78 Å². The summed E-state index contributed by atoms with van der Waals surface area (Å²) in [6.45, 7) is -0.0648. The number of hydrogen-bond donors (Lipinski definition) is 0. The predicted molar refractivity (Wildman–Crippen MR) is 91.2 cm³/mol. The molecular weight excluding hydrogens is 374 g/mol. The van der Waals surface area contributed by atoms with Crippen LogP contribution in [-0.4, -0.2) is 19.5 Å². The summed E-state index contributed by atoms with van der Waals surface area (Å²) in [4.78, 5) is 12.5. The highest BCUT2D eigenvalue weighted by Crippen LogP contribution is 2.36. The van der Waals surface area contributed by atoms with E-state index in [9.17, 15) is 4.79 Å². The SMILES string of the molecule is COc1ccc(Br)cc1/C=C1\Oc2cc(OCC#N)ccc2C1=O. The van der Waals surface area contributed by atoms with Gasteiger partial charge in [0, 0.05) is 16.1 Å². The number of carbonyl (C=O) groups is 1. The minimum Gasteiger partial charge on any atom is -0.496 e. The number of hydrogen-bond acceptors (Lipinski definition) is 5. The molecule has 0 fully saturated rings. The maximum absolute atomic E-state index is 12.5. The van der Waals surface area contributed by atoms with Gasteiger partial charge in [0.1, 0.15) is 23.3 Å². The third-order valence-electron chi connectivity index (χ3n) is 3.42. The van der Waals surface area contributed by atoms with E-state index in [1.165, 1.54) is 0 Å². The van der Waals surface area contributed by atoms with E-state index in [0.717, 1.165) is 10.0 Å². The van der Waals surface area contributed by atoms with Crippen molar-refractivity contribution in [3.05, 3.63) is 57.8 Å². The van der Waals surface area contributed by atoms with Crippen molar-refractivity contribution in [2.75, 3.05) is 13.7 Å². The molecule has 1 heterocycles. The van der Waals surface area contributed by atoms with Gasteiger partial charge in [-0.3, -0.25) is 4.79 Å². The van der Waals surface area contributed by atoms with Crippen LogP contribution in [-0.2, 0) is 0 Å². The number of rotatable bonds is 4. The lowest BCUT2D eigenvalue weighted by molar-refractivity contribution is 0.101. The van der Waals surface area contributed by atoms with Gasteiger partial charge in [-0.05, 0) is 36.4 Å². The van der Waals surface area contributed by atoms with Gasteiger partial charge in [0.15, 0.2) is 12.4 Å². The molecular formula is C18H12BrNO4. The van der Waals surface area contributed by atoms with Crippen LogP contribution in [0.3, 0.4) is 0 Å². The summed E-state index contributed by atoms with van der Waals surface area (Å²) in [7, 11) is 1.57. The molecule has 1 aliphatic heterocycles. The Hall–Kier alpha value is -2.78. The minimum atomic E-state index is -0.209. The van der Waals surface area contributed by atoms with Crippen molar-refractivity contribution >= 4 is 27.8 Å². The second kappa shape index (κ2) is 6.77. The summed E-state index contributed by atoms with van der Waals surface area (Å²) in [5, 5.41) is 8.56. The number of nitrogens with zero attached hydrogens (tertiary/aromatic N) is 1. The molecule has 2 aromatic carbocycles. The number of halogens is 1. The fraction of sp³-hybridized carbons (Fsp3) is 0.111. The standard InChI is InChI=1S/C18H12BrNO4/c1-22-15-5-2-12(19)8-11(15)9-17-18(21)14-4-3-13(23-7-6-20)10-16(14)24-17/h2-5,8-10H,7H2,1H3/b17-9-. The number of ether oxygens (including phenoxy) is 3. The Kier molecular flexibility index (Phi) is 4.54. The summed E-state index contributed by atoms with van der Waals surface area (Å²) in [6, 6.07) is 12.3. The molecule has 0 amide bonds. The number of ketones is 1. The lowest BCUT2D eigenvalue weighted by Gasteiger charge is -2.06. The molecule has 5 nitrogen and oxygen atoms in total. The smallest absolute Gasteiger partial charge is 0.231 e. The Labute approximate surface area is 147 Å². The molecule has 24 heavy (non-hydrogen) atoms. The van der Waals surface area contributed by atoms with Crippen LogP contribution < -0.4 is 14.2 Å². The second-order valence-electron chi connectivity index (χ2n) is 4.93. The molecule has 0 atom stereocenters. The fourth-order valence-corrected chi connectivity index (χ4v) is 2.71. The normalized spacial score (nSPS) is 14.0. The van der Waals surface area contributed by atoms with E-state index in [0.29, 0.717) is 22.8 Å². The Bertz CT molecular complexity index is 883. The van der Waals surface area contributed by atoms with E-state index in [1.807, 2.05) is 18.2 Å². The number of benzene rings is 2. The number of methoxy groups -OCH3 is 1. The first-order valence-electron chi connectivity index (χ1n) is 7.04. The van der Waals surface area contributed by atoms with Crippen molar-refractivity contribution in [3.8, 4) is 23.3 Å². The van der Waals surface area contributed by atoms with Gasteiger partial charge in [-0.25, -0.2) is 0 Å². The Morgan fingerprint density at radius 1 is 1.29 bits per heavy atom. The average Bonchev–Trinajstić information content (AvgIpc) is 2.88. The number of fused-ring (bicyclic) bond motifs is 1. The molecule has 0 saturated carbocycles. The van der Waals surface area contributed by atoms with Crippen molar-refractivity contribution in [1.82, 2.24) is 0 Å². The summed E-state index contributed by atoms with van der Waals surface area (Å²) >= 11 is 3.40. The number of allylic oxidation sites excluding steroid dienone is 1. The molecule has 0 radical (unpaired) electrons. The predicted octanol–water partition coefficient (Wildman–Crippen LogP) is 3.98. The van der Waals surface area contributed by atoms with Crippen LogP contribution in [0.15, 0.2) is 46.6 Å². The van der Waals surface area contributed by atoms with E-state index >= 15 is 0 Å². The molecule has 0 bridgehead atoms. The molecule has 0 unspecified atom stereocenters. The monoisotopic (exact) mass is 385 g/mol. The van der Waals surface area contributed by atoms with E-state index in [-0.39, 0.29) is 18.1 Å². The molecule has 0 saturated heterocycles. The Balaban J connectivity index is 1.93. The molecule has 0 spiro atoms. The van der Waals surface area contributed by atoms with Crippen LogP contribution in [0.5, 0.6) is 17.2 Å². The van der Waals surface area contributed by atoms with Crippen LogP contribution in [0.25, 0.3) is 6.08 Å². The van der Waals surface area contributed by atoms with Crippen molar-refractivity contribution in [2.45, 2.75) is 0 Å². The van der Waals surface area contributed by atoms with Crippen LogP contribution in [0.4, 0.5) is 0 Å². The lowest BCUT2D eigenvalue weighted by Crippen LogP contribution is -1.98. The zero-order valence-corrected chi connectivity index (χ0v) is 14.3. The van der Waals surface area contributed by atoms with Crippen molar-refractivity contribution in [3.63, 3.8) is 0 Å². The fourth-order valence-electron chi connectivity index (χ4n) is 2.33. The highest BCUT2D eigenvalue weighted by molar-refractivity contribution is 9.10. The molecule has 0 aliphatic carbocycles. The Morgan fingerprint density at radius 3 is 2.88 bits per heavy atom. The summed E-state index contributed by atoms with van der Waals surface area (Å²) in [6.07, 6.45) is 1.64. The summed E-state index contributed by atoms with van der Waals surface area (Å²) in [5.74, 6) is 1.52. The molecule has 6 heteroatoms. The van der Waals surface area contributed by atoms with Crippen LogP contribution in [0.1, 0.15) is 15.9 Å². The number of Topliss-reactive ketones (excluding diaryl/α,β-unsaturated/α-hetero) is 1. The molecule has 1 aliphatic rings. The molecule has 0 N–H and O–H groups in total. The second-order valence-corrected chi connectivity index (χ2v) is 5.85. The van der Waals surface area contributed by atoms with Crippen LogP contribution >= 0.6 is 15.9 Å². The van der Waals surface area contributed by atoms with E-state index in [1.54, 1.807) is 37.5 Å². The van der Waals surface area contributed by atoms with Gasteiger partial charge in [0.05, 0.1) is 12.7 Å². The number of carbonyl (C=O) groups excluding carboxylic acids is 1. The van der Waals surface area contributed by atoms with E-state index < -0.39 is 0 Å². The van der Waals surface area contributed by atoms with Gasteiger partial charge in [0.25, 0.3) is 0 Å². The van der Waals surface area contributed by atoms with Gasteiger partial charge >= 0.3 is 0 Å². The molecule has 120 valence electrons. The minimum absolute atomic E-state index is 0.0648. The maximum atomic E-state index is 12.5. The van der Waals surface area contributed by atoms with E-state index in [2.05, 4.69) is 15.9 Å². The van der Waals surface area contributed by atoms with Crippen LogP contribution in [0.2, 0.25) is 0 Å². The number of nitriles is 1. The van der Waals surface area contributed by atoms with Gasteiger partial charge in [-0.15, -0.1) is 0 Å². The quantitative estimate of drug-likeness (QED) is 0.744. The van der Waals surface area contributed by atoms with E-state index in [4.69, 9.17) is 19.5 Å². The summed E-state index contributed by atoms with van der Waals surface area (Å²) in [5.41, 5.74) is 1.18. The first kappa shape index (κ1) is 16.1. The molecule has 0 aromatic heterocycles. The first-order chi connectivity index (χ1) is 11.6. The molecule has 2 aromatic rings. The summed E-state index contributed by atoms with van der Waals surface area (Å²) < 4.78 is 17.1. The highest BCUT2D eigenvalue weighted by atomic mass is 79.9.